The van der Waals surface area contributed by atoms with Crippen LogP contribution in [-0.2, 0) is 6.42 Å². The molecule has 96 valence electrons. The summed E-state index contributed by atoms with van der Waals surface area (Å²) in [5.41, 5.74) is 1.27. The van der Waals surface area contributed by atoms with E-state index in [0.29, 0.717) is 17.0 Å². The molecule has 3 heteroatoms. The summed E-state index contributed by atoms with van der Waals surface area (Å²) in [7, 11) is 3.67. The van der Waals surface area contributed by atoms with Gasteiger partial charge in [-0.3, -0.25) is 0 Å². The normalized spacial score (nSPS) is 12.8. The van der Waals surface area contributed by atoms with Crippen molar-refractivity contribution >= 4 is 11.6 Å². The number of ether oxygens (including phenoxy) is 1. The molecular weight excluding hydrogens is 234 g/mol. The molecule has 2 nitrogen and oxygen atoms in total. The number of aryl methyl sites for hydroxylation is 1. The van der Waals surface area contributed by atoms with Crippen LogP contribution in [0.2, 0.25) is 5.02 Å². The van der Waals surface area contributed by atoms with Crippen LogP contribution in [-0.4, -0.2) is 20.2 Å². The van der Waals surface area contributed by atoms with Crippen molar-refractivity contribution in [3.8, 4) is 5.75 Å². The van der Waals surface area contributed by atoms with Crippen LogP contribution in [0.3, 0.4) is 0 Å². The maximum atomic E-state index is 6.00. The summed E-state index contributed by atoms with van der Waals surface area (Å²) in [5.74, 6) is 1.41. The summed E-state index contributed by atoms with van der Waals surface area (Å²) in [4.78, 5) is 0. The number of rotatable bonds is 6. The molecule has 1 aromatic carbocycles. The molecule has 1 atom stereocenters. The van der Waals surface area contributed by atoms with E-state index in [1.807, 2.05) is 19.2 Å². The summed E-state index contributed by atoms with van der Waals surface area (Å²) < 4.78 is 5.22. The van der Waals surface area contributed by atoms with Gasteiger partial charge in [-0.2, -0.15) is 0 Å². The average molecular weight is 256 g/mol. The third-order valence-corrected chi connectivity index (χ3v) is 3.45. The highest BCUT2D eigenvalue weighted by Crippen LogP contribution is 2.25. The van der Waals surface area contributed by atoms with E-state index in [1.54, 1.807) is 7.11 Å². The van der Waals surface area contributed by atoms with Gasteiger partial charge < -0.3 is 10.1 Å². The molecule has 0 saturated heterocycles. The van der Waals surface area contributed by atoms with E-state index in [4.69, 9.17) is 16.3 Å². The topological polar surface area (TPSA) is 21.3 Å². The van der Waals surface area contributed by atoms with Crippen molar-refractivity contribution in [3.05, 3.63) is 28.8 Å². The first-order chi connectivity index (χ1) is 8.08. The molecule has 0 fully saturated rings. The molecule has 0 amide bonds. The minimum Gasteiger partial charge on any atom is -0.495 e. The van der Waals surface area contributed by atoms with E-state index in [2.05, 4.69) is 25.2 Å². The third-order valence-electron chi connectivity index (χ3n) is 3.14. The highest BCUT2D eigenvalue weighted by molar-refractivity contribution is 6.32. The second kappa shape index (κ2) is 6.87. The van der Waals surface area contributed by atoms with Gasteiger partial charge >= 0.3 is 0 Å². The molecular formula is C14H22ClNO. The molecule has 0 radical (unpaired) electrons. The predicted octanol–water partition coefficient (Wildman–Crippen LogP) is 3.53. The van der Waals surface area contributed by atoms with Crippen LogP contribution < -0.4 is 10.1 Å². The van der Waals surface area contributed by atoms with Gasteiger partial charge in [-0.15, -0.1) is 0 Å². The molecule has 0 aliphatic heterocycles. The minimum atomic E-state index is 0.552. The number of halogens is 1. The van der Waals surface area contributed by atoms with Crippen LogP contribution in [0.15, 0.2) is 18.2 Å². The van der Waals surface area contributed by atoms with Gasteiger partial charge in [-0.1, -0.05) is 31.5 Å². The van der Waals surface area contributed by atoms with Gasteiger partial charge in [-0.25, -0.2) is 0 Å². The highest BCUT2D eigenvalue weighted by Gasteiger charge is 2.11. The largest absolute Gasteiger partial charge is 0.495 e. The third kappa shape index (κ3) is 4.21. The fraction of sp³-hybridized carbons (Fsp3) is 0.571. The van der Waals surface area contributed by atoms with Gasteiger partial charge in [0.2, 0.25) is 0 Å². The maximum Gasteiger partial charge on any atom is 0.137 e. The smallest absolute Gasteiger partial charge is 0.137 e. The molecule has 0 saturated carbocycles. The second-order valence-electron chi connectivity index (χ2n) is 4.65. The number of methoxy groups -OCH3 is 1. The van der Waals surface area contributed by atoms with E-state index in [0.717, 1.165) is 18.6 Å². The highest BCUT2D eigenvalue weighted by atomic mass is 35.5. The first-order valence-corrected chi connectivity index (χ1v) is 6.46. The van der Waals surface area contributed by atoms with Crippen molar-refractivity contribution in [1.29, 1.82) is 0 Å². The van der Waals surface area contributed by atoms with E-state index < -0.39 is 0 Å². The zero-order chi connectivity index (χ0) is 12.8. The molecule has 0 heterocycles. The van der Waals surface area contributed by atoms with Crippen molar-refractivity contribution in [3.63, 3.8) is 0 Å². The Hall–Kier alpha value is -0.730. The second-order valence-corrected chi connectivity index (χ2v) is 5.05. The van der Waals surface area contributed by atoms with Crippen LogP contribution in [0.25, 0.3) is 0 Å². The number of nitrogens with one attached hydrogen (secondary N) is 1. The summed E-state index contributed by atoms with van der Waals surface area (Å²) >= 11 is 6.00. The monoisotopic (exact) mass is 255 g/mol. The molecule has 1 rings (SSSR count). The number of hydrogen-bond donors (Lipinski definition) is 1. The summed E-state index contributed by atoms with van der Waals surface area (Å²) in [6.07, 6.45) is 2.16. The fourth-order valence-electron chi connectivity index (χ4n) is 1.99. The Kier molecular flexibility index (Phi) is 5.79. The zero-order valence-electron chi connectivity index (χ0n) is 11.1. The Morgan fingerprint density at radius 3 is 2.59 bits per heavy atom. The molecule has 17 heavy (non-hydrogen) atoms. The molecule has 0 aliphatic carbocycles. The van der Waals surface area contributed by atoms with Gasteiger partial charge in [0.25, 0.3) is 0 Å². The van der Waals surface area contributed by atoms with Crippen molar-refractivity contribution in [2.45, 2.75) is 32.7 Å². The van der Waals surface area contributed by atoms with E-state index in [9.17, 15) is 0 Å². The van der Waals surface area contributed by atoms with Gasteiger partial charge in [0.15, 0.2) is 0 Å². The van der Waals surface area contributed by atoms with Crippen LogP contribution in [0.4, 0.5) is 0 Å². The van der Waals surface area contributed by atoms with Gasteiger partial charge in [0, 0.05) is 6.04 Å². The van der Waals surface area contributed by atoms with Crippen molar-refractivity contribution < 1.29 is 4.74 Å². The lowest BCUT2D eigenvalue weighted by molar-refractivity contribution is 0.400. The number of benzene rings is 1. The lowest BCUT2D eigenvalue weighted by atomic mass is 9.97. The zero-order valence-corrected chi connectivity index (χ0v) is 11.8. The molecule has 1 N–H and O–H groups in total. The quantitative estimate of drug-likeness (QED) is 0.840. The van der Waals surface area contributed by atoms with Crippen LogP contribution in [0, 0.1) is 5.92 Å². The summed E-state index contributed by atoms with van der Waals surface area (Å²) in [6.45, 7) is 4.48. The predicted molar refractivity (Wildman–Crippen MR) is 74.0 cm³/mol. The van der Waals surface area contributed by atoms with E-state index in [1.165, 1.54) is 5.56 Å². The Morgan fingerprint density at radius 2 is 2.06 bits per heavy atom. The maximum absolute atomic E-state index is 6.00. The lowest BCUT2D eigenvalue weighted by Crippen LogP contribution is -2.30. The van der Waals surface area contributed by atoms with Crippen LogP contribution in [0.1, 0.15) is 25.8 Å². The number of hydrogen-bond acceptors (Lipinski definition) is 2. The van der Waals surface area contributed by atoms with Gasteiger partial charge in [0.1, 0.15) is 5.75 Å². The lowest BCUT2D eigenvalue weighted by Gasteiger charge is -2.20. The first-order valence-electron chi connectivity index (χ1n) is 6.08. The Bertz CT molecular complexity index is 352. The molecule has 1 aromatic rings. The Labute approximate surface area is 109 Å². The van der Waals surface area contributed by atoms with E-state index in [-0.39, 0.29) is 0 Å². The Balaban J connectivity index is 2.63. The van der Waals surface area contributed by atoms with Crippen molar-refractivity contribution in [1.82, 2.24) is 5.32 Å². The molecule has 0 bridgehead atoms. The van der Waals surface area contributed by atoms with E-state index >= 15 is 0 Å². The van der Waals surface area contributed by atoms with Crippen molar-refractivity contribution in [2.24, 2.45) is 5.92 Å². The van der Waals surface area contributed by atoms with Crippen molar-refractivity contribution in [2.75, 3.05) is 14.2 Å². The first kappa shape index (κ1) is 14.3. The minimum absolute atomic E-state index is 0.552. The van der Waals surface area contributed by atoms with Gasteiger partial charge in [0.05, 0.1) is 12.1 Å². The average Bonchev–Trinajstić information content (AvgIpc) is 2.31. The standard InChI is InChI=1S/C14H22ClNO/c1-10(2)13(16-3)8-6-11-5-7-12(15)14(9-11)17-4/h5,7,9-10,13,16H,6,8H2,1-4H3. The molecule has 1 unspecified atom stereocenters. The SMILES string of the molecule is CNC(CCc1ccc(Cl)c(OC)c1)C(C)C. The molecule has 0 aliphatic rings. The Morgan fingerprint density at radius 1 is 1.35 bits per heavy atom. The fourth-order valence-corrected chi connectivity index (χ4v) is 2.19. The summed E-state index contributed by atoms with van der Waals surface area (Å²) in [6, 6.07) is 6.55. The summed E-state index contributed by atoms with van der Waals surface area (Å²) in [5, 5.41) is 4.03. The molecule has 0 aromatic heterocycles. The van der Waals surface area contributed by atoms with Crippen LogP contribution in [0.5, 0.6) is 5.75 Å². The molecule has 0 spiro atoms. The van der Waals surface area contributed by atoms with Gasteiger partial charge in [-0.05, 0) is 43.5 Å². The van der Waals surface area contributed by atoms with Crippen LogP contribution >= 0.6 is 11.6 Å².